The highest BCUT2D eigenvalue weighted by Crippen LogP contribution is 2.34. The molecule has 1 amide bonds. The Kier molecular flexibility index (Phi) is 3.81. The molecule has 0 saturated carbocycles. The predicted molar refractivity (Wildman–Crippen MR) is 109 cm³/mol. The fraction of sp³-hybridized carbons (Fsp3) is 0.227. The predicted octanol–water partition coefficient (Wildman–Crippen LogP) is 4.11. The normalized spacial score (nSPS) is 16.5. The monoisotopic (exact) mass is 389 g/mol. The topological polar surface area (TPSA) is 56.0 Å². The standard InChI is InChI=1S/C22H20FN5O/c1-13-8-17(6-7-19(13)23)27-12-14(2)28-21(22(27)29)18(11-25-28)15-4-5-16-10-24-26(3)20(16)9-15/h4-11,14H,12H2,1-3H3/t14-/m0/s1. The fourth-order valence-electron chi connectivity index (χ4n) is 4.00. The molecule has 2 aromatic carbocycles. The summed E-state index contributed by atoms with van der Waals surface area (Å²) in [6.45, 7) is 4.22. The first-order valence-electron chi connectivity index (χ1n) is 9.51. The molecule has 6 nitrogen and oxygen atoms in total. The Hall–Kier alpha value is -3.48. The van der Waals surface area contributed by atoms with E-state index in [-0.39, 0.29) is 17.8 Å². The molecule has 0 spiro atoms. The number of hydrogen-bond acceptors (Lipinski definition) is 3. The Morgan fingerprint density at radius 1 is 1.10 bits per heavy atom. The quantitative estimate of drug-likeness (QED) is 0.519. The van der Waals surface area contributed by atoms with Crippen molar-refractivity contribution >= 4 is 22.5 Å². The number of benzene rings is 2. The summed E-state index contributed by atoms with van der Waals surface area (Å²) in [5.74, 6) is -0.409. The van der Waals surface area contributed by atoms with Crippen LogP contribution in [0.1, 0.15) is 29.0 Å². The van der Waals surface area contributed by atoms with Crippen molar-refractivity contribution in [1.82, 2.24) is 19.6 Å². The van der Waals surface area contributed by atoms with Gasteiger partial charge in [0.25, 0.3) is 5.91 Å². The van der Waals surface area contributed by atoms with Gasteiger partial charge in [-0.15, -0.1) is 0 Å². The van der Waals surface area contributed by atoms with E-state index in [1.165, 1.54) is 6.07 Å². The van der Waals surface area contributed by atoms with E-state index >= 15 is 0 Å². The number of fused-ring (bicyclic) bond motifs is 2. The van der Waals surface area contributed by atoms with Gasteiger partial charge in [-0.2, -0.15) is 10.2 Å². The van der Waals surface area contributed by atoms with Crippen molar-refractivity contribution in [2.75, 3.05) is 11.4 Å². The lowest BCUT2D eigenvalue weighted by Gasteiger charge is -2.32. The third kappa shape index (κ3) is 2.65. The Balaban J connectivity index is 1.63. The summed E-state index contributed by atoms with van der Waals surface area (Å²) in [4.78, 5) is 15.2. The van der Waals surface area contributed by atoms with E-state index in [1.807, 2.05) is 43.0 Å². The van der Waals surface area contributed by atoms with E-state index in [9.17, 15) is 9.18 Å². The van der Waals surface area contributed by atoms with Gasteiger partial charge in [-0.3, -0.25) is 14.2 Å². The lowest BCUT2D eigenvalue weighted by molar-refractivity contribution is 0.0954. The maximum absolute atomic E-state index is 13.7. The molecule has 1 aliphatic rings. The van der Waals surface area contributed by atoms with Crippen molar-refractivity contribution in [2.24, 2.45) is 7.05 Å². The van der Waals surface area contributed by atoms with Gasteiger partial charge in [0.1, 0.15) is 11.5 Å². The van der Waals surface area contributed by atoms with Gasteiger partial charge in [0, 0.05) is 30.2 Å². The molecule has 7 heteroatoms. The molecule has 146 valence electrons. The summed E-state index contributed by atoms with van der Waals surface area (Å²) in [5, 5.41) is 9.83. The first-order valence-corrected chi connectivity index (χ1v) is 9.51. The molecule has 0 radical (unpaired) electrons. The number of rotatable bonds is 2. The second-order valence-corrected chi connectivity index (χ2v) is 7.59. The van der Waals surface area contributed by atoms with Crippen LogP contribution in [0.5, 0.6) is 0 Å². The van der Waals surface area contributed by atoms with E-state index in [1.54, 1.807) is 34.8 Å². The SMILES string of the molecule is Cc1cc(N2C[C@H](C)n3ncc(-c4ccc5cnn(C)c5c4)c3C2=O)ccc1F. The number of anilines is 1. The van der Waals surface area contributed by atoms with Crippen molar-refractivity contribution in [3.63, 3.8) is 0 Å². The van der Waals surface area contributed by atoms with Crippen molar-refractivity contribution in [3.8, 4) is 11.1 Å². The maximum Gasteiger partial charge on any atom is 0.277 e. The smallest absolute Gasteiger partial charge is 0.277 e. The number of hydrogen-bond donors (Lipinski definition) is 0. The molecule has 1 atom stereocenters. The highest BCUT2D eigenvalue weighted by molar-refractivity contribution is 6.10. The minimum atomic E-state index is -0.276. The van der Waals surface area contributed by atoms with Gasteiger partial charge < -0.3 is 4.90 Å². The van der Waals surface area contributed by atoms with Crippen LogP contribution in [0.15, 0.2) is 48.8 Å². The summed E-state index contributed by atoms with van der Waals surface area (Å²) in [6, 6.07) is 10.8. The lowest BCUT2D eigenvalue weighted by atomic mass is 10.0. The Labute approximate surface area is 167 Å². The Morgan fingerprint density at radius 2 is 1.93 bits per heavy atom. The van der Waals surface area contributed by atoms with Crippen molar-refractivity contribution in [3.05, 3.63) is 65.9 Å². The number of halogens is 1. The first-order chi connectivity index (χ1) is 13.9. The Morgan fingerprint density at radius 3 is 2.72 bits per heavy atom. The molecule has 4 aromatic rings. The van der Waals surface area contributed by atoms with E-state index in [0.717, 1.165) is 22.0 Å². The molecule has 1 aliphatic heterocycles. The van der Waals surface area contributed by atoms with Crippen LogP contribution in [0.25, 0.3) is 22.0 Å². The molecule has 0 bridgehead atoms. The number of aromatic nitrogens is 4. The molecule has 3 heterocycles. The van der Waals surface area contributed by atoms with Crippen LogP contribution in [0, 0.1) is 12.7 Å². The van der Waals surface area contributed by atoms with Crippen LogP contribution in [-0.4, -0.2) is 32.0 Å². The van der Waals surface area contributed by atoms with Crippen LogP contribution in [0.4, 0.5) is 10.1 Å². The summed E-state index contributed by atoms with van der Waals surface area (Å²) in [5.41, 5.74) is 4.45. The third-order valence-electron chi connectivity index (χ3n) is 5.62. The van der Waals surface area contributed by atoms with Gasteiger partial charge in [0.15, 0.2) is 0 Å². The minimum absolute atomic E-state index is 0.00208. The van der Waals surface area contributed by atoms with Crippen LogP contribution < -0.4 is 4.90 Å². The van der Waals surface area contributed by atoms with Crippen LogP contribution in [0.2, 0.25) is 0 Å². The molecule has 0 saturated heterocycles. The number of nitrogens with zero attached hydrogens (tertiary/aromatic N) is 5. The number of aryl methyl sites for hydroxylation is 2. The second-order valence-electron chi connectivity index (χ2n) is 7.59. The van der Waals surface area contributed by atoms with Gasteiger partial charge in [-0.25, -0.2) is 4.39 Å². The van der Waals surface area contributed by atoms with E-state index < -0.39 is 0 Å². The molecule has 0 N–H and O–H groups in total. The highest BCUT2D eigenvalue weighted by Gasteiger charge is 2.34. The van der Waals surface area contributed by atoms with E-state index in [0.29, 0.717) is 23.5 Å². The number of amides is 1. The molecule has 2 aromatic heterocycles. The van der Waals surface area contributed by atoms with Crippen molar-refractivity contribution in [1.29, 1.82) is 0 Å². The zero-order valence-corrected chi connectivity index (χ0v) is 16.4. The number of carbonyl (C=O) groups excluding carboxylic acids is 1. The summed E-state index contributed by atoms with van der Waals surface area (Å²) in [7, 11) is 1.89. The van der Waals surface area contributed by atoms with Gasteiger partial charge in [0.2, 0.25) is 0 Å². The van der Waals surface area contributed by atoms with Crippen molar-refractivity contribution in [2.45, 2.75) is 19.9 Å². The highest BCUT2D eigenvalue weighted by atomic mass is 19.1. The number of carbonyl (C=O) groups is 1. The summed E-state index contributed by atoms with van der Waals surface area (Å²) >= 11 is 0. The van der Waals surface area contributed by atoms with Crippen LogP contribution >= 0.6 is 0 Å². The molecular formula is C22H20FN5O. The zero-order chi connectivity index (χ0) is 20.3. The summed E-state index contributed by atoms with van der Waals surface area (Å²) < 4.78 is 17.3. The molecule has 0 fully saturated rings. The molecular weight excluding hydrogens is 369 g/mol. The molecule has 29 heavy (non-hydrogen) atoms. The second kappa shape index (κ2) is 6.27. The van der Waals surface area contributed by atoms with Crippen molar-refractivity contribution < 1.29 is 9.18 Å². The lowest BCUT2D eigenvalue weighted by Crippen LogP contribution is -2.42. The van der Waals surface area contributed by atoms with Crippen LogP contribution in [-0.2, 0) is 7.05 Å². The van der Waals surface area contributed by atoms with Gasteiger partial charge >= 0.3 is 0 Å². The average Bonchev–Trinajstić information content (AvgIpc) is 3.31. The minimum Gasteiger partial charge on any atom is -0.305 e. The maximum atomic E-state index is 13.7. The molecule has 0 aliphatic carbocycles. The third-order valence-corrected chi connectivity index (χ3v) is 5.62. The van der Waals surface area contributed by atoms with Gasteiger partial charge in [-0.1, -0.05) is 12.1 Å². The van der Waals surface area contributed by atoms with Gasteiger partial charge in [0.05, 0.1) is 24.0 Å². The van der Waals surface area contributed by atoms with E-state index in [2.05, 4.69) is 10.2 Å². The van der Waals surface area contributed by atoms with Gasteiger partial charge in [-0.05, 0) is 49.2 Å². The first kappa shape index (κ1) is 17.6. The van der Waals surface area contributed by atoms with Crippen LogP contribution in [0.3, 0.4) is 0 Å². The Bertz CT molecular complexity index is 1270. The largest absolute Gasteiger partial charge is 0.305 e. The zero-order valence-electron chi connectivity index (χ0n) is 16.4. The molecule has 0 unspecified atom stereocenters. The summed E-state index contributed by atoms with van der Waals surface area (Å²) in [6.07, 6.45) is 3.57. The molecule has 5 rings (SSSR count). The fourth-order valence-corrected chi connectivity index (χ4v) is 4.00. The average molecular weight is 389 g/mol. The van der Waals surface area contributed by atoms with E-state index in [4.69, 9.17) is 0 Å².